The Labute approximate surface area is 145 Å². The van der Waals surface area contributed by atoms with Crippen molar-refractivity contribution in [3.05, 3.63) is 88.2 Å². The van der Waals surface area contributed by atoms with Crippen LogP contribution >= 0.6 is 11.6 Å². The van der Waals surface area contributed by atoms with Crippen molar-refractivity contribution in [3.63, 3.8) is 0 Å². The topological polar surface area (TPSA) is 34.0 Å². The van der Waals surface area contributed by atoms with Gasteiger partial charge in [-0.2, -0.15) is 0 Å². The molecule has 4 rings (SSSR count). The maximum atomic E-state index is 11.5. The fourth-order valence-electron chi connectivity index (χ4n) is 3.30. The van der Waals surface area contributed by atoms with Crippen LogP contribution in [0.25, 0.3) is 5.69 Å². The van der Waals surface area contributed by atoms with Gasteiger partial charge in [-0.05, 0) is 36.8 Å². The predicted molar refractivity (Wildman–Crippen MR) is 95.9 cm³/mol. The Balaban J connectivity index is 1.80. The zero-order chi connectivity index (χ0) is 16.7. The van der Waals surface area contributed by atoms with E-state index < -0.39 is 0 Å². The van der Waals surface area contributed by atoms with Crippen LogP contribution in [0, 0.1) is 0 Å². The van der Waals surface area contributed by atoms with Crippen molar-refractivity contribution >= 4 is 17.4 Å². The van der Waals surface area contributed by atoms with Gasteiger partial charge in [0.1, 0.15) is 0 Å². The number of aromatic nitrogens is 1. The molecule has 0 amide bonds. The first-order valence-corrected chi connectivity index (χ1v) is 8.32. The quantitative estimate of drug-likeness (QED) is 0.698. The molecule has 120 valence electrons. The molecular formula is C20H17ClN2O. The molecule has 1 N–H and O–H groups in total. The number of nitrogens with zero attached hydrogens (tertiary/aromatic N) is 1. The zero-order valence-corrected chi connectivity index (χ0v) is 14.0. The predicted octanol–water partition coefficient (Wildman–Crippen LogP) is 4.53. The van der Waals surface area contributed by atoms with Crippen LogP contribution in [0.2, 0.25) is 5.02 Å². The van der Waals surface area contributed by atoms with Crippen LogP contribution in [0.4, 0.5) is 0 Å². The fraction of sp³-hybridized carbons (Fsp3) is 0.150. The molecule has 2 aromatic carbocycles. The summed E-state index contributed by atoms with van der Waals surface area (Å²) in [6.07, 6.45) is 2.06. The van der Waals surface area contributed by atoms with E-state index in [1.165, 1.54) is 0 Å². The monoisotopic (exact) mass is 336 g/mol. The highest BCUT2D eigenvalue weighted by atomic mass is 35.5. The van der Waals surface area contributed by atoms with Gasteiger partial charge in [0, 0.05) is 34.6 Å². The van der Waals surface area contributed by atoms with Crippen molar-refractivity contribution < 1.29 is 4.79 Å². The molecule has 0 saturated carbocycles. The van der Waals surface area contributed by atoms with E-state index in [1.807, 2.05) is 42.5 Å². The van der Waals surface area contributed by atoms with Crippen molar-refractivity contribution in [2.75, 3.05) is 0 Å². The number of fused-ring (bicyclic) bond motifs is 3. The lowest BCUT2D eigenvalue weighted by Crippen LogP contribution is -2.21. The lowest BCUT2D eigenvalue weighted by Gasteiger charge is -2.18. The summed E-state index contributed by atoms with van der Waals surface area (Å²) in [5.74, 6) is 0.0814. The molecule has 0 bridgehead atoms. The van der Waals surface area contributed by atoms with Crippen molar-refractivity contribution in [2.24, 2.45) is 0 Å². The summed E-state index contributed by atoms with van der Waals surface area (Å²) < 4.78 is 2.19. The third kappa shape index (κ3) is 2.46. The van der Waals surface area contributed by atoms with Crippen LogP contribution in [-0.4, -0.2) is 10.4 Å². The molecule has 4 heteroatoms. The minimum atomic E-state index is 0.0458. The Kier molecular flexibility index (Phi) is 3.75. The minimum Gasteiger partial charge on any atom is -0.319 e. The van der Waals surface area contributed by atoms with Gasteiger partial charge < -0.3 is 9.88 Å². The molecule has 0 radical (unpaired) electrons. The van der Waals surface area contributed by atoms with Crippen molar-refractivity contribution in [3.8, 4) is 5.69 Å². The summed E-state index contributed by atoms with van der Waals surface area (Å²) in [7, 11) is 0. The number of benzene rings is 2. The molecular weight excluding hydrogens is 320 g/mol. The molecule has 3 nitrogen and oxygen atoms in total. The lowest BCUT2D eigenvalue weighted by atomic mass is 10.0. The molecule has 0 fully saturated rings. The highest BCUT2D eigenvalue weighted by Gasteiger charge is 2.23. The third-order valence-corrected chi connectivity index (χ3v) is 4.92. The number of hydrogen-bond acceptors (Lipinski definition) is 2. The molecule has 0 saturated heterocycles. The molecule has 0 spiro atoms. The Morgan fingerprint density at radius 3 is 2.67 bits per heavy atom. The third-order valence-electron chi connectivity index (χ3n) is 4.56. The number of hydrogen-bond donors (Lipinski definition) is 1. The van der Waals surface area contributed by atoms with E-state index in [9.17, 15) is 4.79 Å². The van der Waals surface area contributed by atoms with E-state index in [-0.39, 0.29) is 11.8 Å². The van der Waals surface area contributed by atoms with E-state index in [0.29, 0.717) is 6.54 Å². The zero-order valence-electron chi connectivity index (χ0n) is 13.3. The molecule has 1 aliphatic heterocycles. The molecule has 1 unspecified atom stereocenters. The SMILES string of the molecule is CC(=O)c1ccc(C2NCc3c(Cl)cccc3-n3cccc32)cc1. The van der Waals surface area contributed by atoms with Gasteiger partial charge in [-0.1, -0.05) is 41.9 Å². The van der Waals surface area contributed by atoms with Crippen molar-refractivity contribution in [1.82, 2.24) is 9.88 Å². The molecule has 1 atom stereocenters. The summed E-state index contributed by atoms with van der Waals surface area (Å²) in [4.78, 5) is 11.5. The van der Waals surface area contributed by atoms with Gasteiger partial charge in [0.2, 0.25) is 0 Å². The average Bonchev–Trinajstić information content (AvgIpc) is 3.00. The van der Waals surface area contributed by atoms with Crippen LogP contribution in [-0.2, 0) is 6.54 Å². The summed E-state index contributed by atoms with van der Waals surface area (Å²) in [5.41, 5.74) is 5.22. The molecule has 1 aromatic heterocycles. The summed E-state index contributed by atoms with van der Waals surface area (Å²) in [5, 5.41) is 4.37. The number of nitrogens with one attached hydrogen (secondary N) is 1. The van der Waals surface area contributed by atoms with E-state index >= 15 is 0 Å². The Hall–Kier alpha value is -2.36. The molecule has 1 aliphatic rings. The van der Waals surface area contributed by atoms with Gasteiger partial charge in [0.05, 0.1) is 11.7 Å². The molecule has 0 aliphatic carbocycles. The molecule has 24 heavy (non-hydrogen) atoms. The van der Waals surface area contributed by atoms with E-state index in [1.54, 1.807) is 6.92 Å². The smallest absolute Gasteiger partial charge is 0.159 e. The second-order valence-corrected chi connectivity index (χ2v) is 6.44. The van der Waals surface area contributed by atoms with Gasteiger partial charge >= 0.3 is 0 Å². The lowest BCUT2D eigenvalue weighted by molar-refractivity contribution is 0.101. The fourth-order valence-corrected chi connectivity index (χ4v) is 3.54. The van der Waals surface area contributed by atoms with E-state index in [2.05, 4.69) is 28.2 Å². The first-order valence-electron chi connectivity index (χ1n) is 7.94. The van der Waals surface area contributed by atoms with Gasteiger partial charge in [0.25, 0.3) is 0 Å². The summed E-state index contributed by atoms with van der Waals surface area (Å²) in [6, 6.07) is 18.0. The van der Waals surface area contributed by atoms with Crippen molar-refractivity contribution in [1.29, 1.82) is 0 Å². The maximum Gasteiger partial charge on any atom is 0.159 e. The van der Waals surface area contributed by atoms with Gasteiger partial charge in [-0.25, -0.2) is 0 Å². The molecule has 2 heterocycles. The normalized spacial score (nSPS) is 16.2. The summed E-state index contributed by atoms with van der Waals surface area (Å²) >= 11 is 6.41. The minimum absolute atomic E-state index is 0.0458. The Morgan fingerprint density at radius 1 is 1.12 bits per heavy atom. The first kappa shape index (κ1) is 15.2. The van der Waals surface area contributed by atoms with E-state index in [4.69, 9.17) is 11.6 Å². The second kappa shape index (κ2) is 5.93. The number of Topliss-reactive ketones (excluding diaryl/α,β-unsaturated/α-hetero) is 1. The highest BCUT2D eigenvalue weighted by molar-refractivity contribution is 6.31. The second-order valence-electron chi connectivity index (χ2n) is 6.03. The van der Waals surface area contributed by atoms with Crippen molar-refractivity contribution in [2.45, 2.75) is 19.5 Å². The van der Waals surface area contributed by atoms with Crippen LogP contribution in [0.3, 0.4) is 0 Å². The number of ketones is 1. The van der Waals surface area contributed by atoms with Crippen LogP contribution < -0.4 is 5.32 Å². The number of rotatable bonds is 2. The Bertz CT molecular complexity index is 912. The van der Waals surface area contributed by atoms with Gasteiger partial charge in [-0.3, -0.25) is 4.79 Å². The number of halogens is 1. The maximum absolute atomic E-state index is 11.5. The van der Waals surface area contributed by atoms with Gasteiger partial charge in [-0.15, -0.1) is 0 Å². The average molecular weight is 337 g/mol. The first-order chi connectivity index (χ1) is 11.6. The largest absolute Gasteiger partial charge is 0.319 e. The van der Waals surface area contributed by atoms with Crippen LogP contribution in [0.15, 0.2) is 60.8 Å². The number of carbonyl (C=O) groups excluding carboxylic acids is 1. The van der Waals surface area contributed by atoms with Crippen LogP contribution in [0.1, 0.15) is 40.1 Å². The standard InChI is InChI=1S/C20H17ClN2O/c1-13(24)14-7-9-15(10-8-14)20-19-6-3-11-23(19)18-5-2-4-17(21)16(18)12-22-20/h2-11,20,22H,12H2,1H3. The Morgan fingerprint density at radius 2 is 1.92 bits per heavy atom. The molecule has 3 aromatic rings. The van der Waals surface area contributed by atoms with E-state index in [0.717, 1.165) is 33.1 Å². The van der Waals surface area contributed by atoms with Crippen LogP contribution in [0.5, 0.6) is 0 Å². The number of carbonyl (C=O) groups is 1. The van der Waals surface area contributed by atoms with Gasteiger partial charge in [0.15, 0.2) is 5.78 Å². The highest BCUT2D eigenvalue weighted by Crippen LogP contribution is 2.33. The summed E-state index contributed by atoms with van der Waals surface area (Å²) in [6.45, 7) is 2.28.